The quantitative estimate of drug-likeness (QED) is 0.774. The molecular formula is C15H17ClN2O4S. The number of nitrogens with zero attached hydrogens (tertiary/aromatic N) is 2. The second kappa shape index (κ2) is 7.30. The van der Waals surface area contributed by atoms with Crippen LogP contribution in [-0.4, -0.2) is 37.9 Å². The lowest BCUT2D eigenvalue weighted by Gasteiger charge is -2.26. The average molecular weight is 357 g/mol. The van der Waals surface area contributed by atoms with Gasteiger partial charge >= 0.3 is 5.97 Å². The summed E-state index contributed by atoms with van der Waals surface area (Å²) in [6, 6.07) is 5.70. The van der Waals surface area contributed by atoms with Crippen molar-refractivity contribution in [2.24, 2.45) is 0 Å². The summed E-state index contributed by atoms with van der Waals surface area (Å²) in [4.78, 5) is 12.0. The Balaban J connectivity index is 2.33. The summed E-state index contributed by atoms with van der Waals surface area (Å²) >= 11 is 5.96. The molecule has 0 bridgehead atoms. The molecule has 0 N–H and O–H groups in total. The van der Waals surface area contributed by atoms with E-state index < -0.39 is 22.1 Å². The summed E-state index contributed by atoms with van der Waals surface area (Å²) in [6.45, 7) is 2.35. The zero-order valence-corrected chi connectivity index (χ0v) is 14.2. The maximum absolute atomic E-state index is 12.6. The fraction of sp³-hybridized carbons (Fsp3) is 0.467. The highest BCUT2D eigenvalue weighted by molar-refractivity contribution is 7.89. The van der Waals surface area contributed by atoms with Gasteiger partial charge in [0.1, 0.15) is 6.07 Å². The molecule has 23 heavy (non-hydrogen) atoms. The second-order valence-electron chi connectivity index (χ2n) is 5.28. The lowest BCUT2D eigenvalue weighted by molar-refractivity contribution is 0.0435. The summed E-state index contributed by atoms with van der Waals surface area (Å²) in [5, 5.41) is 8.77. The van der Waals surface area contributed by atoms with Gasteiger partial charge in [-0.2, -0.15) is 9.57 Å². The number of sulfonamides is 1. The molecule has 0 aromatic heterocycles. The van der Waals surface area contributed by atoms with Gasteiger partial charge in [-0.1, -0.05) is 18.0 Å². The topological polar surface area (TPSA) is 87.5 Å². The normalized spacial score (nSPS) is 17.3. The zero-order chi connectivity index (χ0) is 17.0. The molecule has 1 atom stereocenters. The van der Waals surface area contributed by atoms with Crippen LogP contribution >= 0.6 is 11.6 Å². The minimum Gasteiger partial charge on any atom is -0.444 e. The highest BCUT2D eigenvalue weighted by Gasteiger charge is 2.27. The van der Waals surface area contributed by atoms with E-state index in [-0.39, 0.29) is 15.5 Å². The van der Waals surface area contributed by atoms with Crippen LogP contribution in [0.3, 0.4) is 0 Å². The van der Waals surface area contributed by atoms with Crippen LogP contribution in [0.25, 0.3) is 0 Å². The van der Waals surface area contributed by atoms with Crippen molar-refractivity contribution in [2.75, 3.05) is 13.1 Å². The van der Waals surface area contributed by atoms with E-state index in [0.29, 0.717) is 13.1 Å². The average Bonchev–Trinajstić information content (AvgIpc) is 2.55. The Hall–Kier alpha value is -1.62. The molecule has 0 radical (unpaired) electrons. The van der Waals surface area contributed by atoms with Gasteiger partial charge in [0.25, 0.3) is 0 Å². The molecule has 1 aliphatic heterocycles. The number of hydrogen-bond acceptors (Lipinski definition) is 5. The highest BCUT2D eigenvalue weighted by Crippen LogP contribution is 2.25. The number of nitriles is 1. The third-order valence-electron chi connectivity index (χ3n) is 3.58. The molecule has 1 aromatic carbocycles. The first-order valence-corrected chi connectivity index (χ1v) is 9.08. The van der Waals surface area contributed by atoms with E-state index >= 15 is 0 Å². The van der Waals surface area contributed by atoms with Crippen LogP contribution in [-0.2, 0) is 14.8 Å². The Labute approximate surface area is 140 Å². The second-order valence-corrected chi connectivity index (χ2v) is 7.63. The summed E-state index contributed by atoms with van der Waals surface area (Å²) in [7, 11) is -3.67. The van der Waals surface area contributed by atoms with E-state index in [1.54, 1.807) is 6.07 Å². The maximum Gasteiger partial charge on any atom is 0.340 e. The zero-order valence-electron chi connectivity index (χ0n) is 12.7. The lowest BCUT2D eigenvalue weighted by Crippen LogP contribution is -2.35. The summed E-state index contributed by atoms with van der Waals surface area (Å²) in [6.07, 6.45) is 1.71. The van der Waals surface area contributed by atoms with Gasteiger partial charge in [0.2, 0.25) is 10.0 Å². The number of hydrogen-bond donors (Lipinski definition) is 0. The fourth-order valence-electron chi connectivity index (χ4n) is 2.33. The van der Waals surface area contributed by atoms with E-state index in [4.69, 9.17) is 21.6 Å². The molecule has 1 aromatic rings. The van der Waals surface area contributed by atoms with Gasteiger partial charge in [-0.05, 0) is 38.0 Å². The summed E-state index contributed by atoms with van der Waals surface area (Å²) in [5.74, 6) is -0.820. The van der Waals surface area contributed by atoms with Gasteiger partial charge in [0.15, 0.2) is 6.10 Å². The van der Waals surface area contributed by atoms with Gasteiger partial charge in [-0.3, -0.25) is 0 Å². The number of halogens is 1. The maximum atomic E-state index is 12.6. The van der Waals surface area contributed by atoms with Crippen molar-refractivity contribution >= 4 is 27.6 Å². The molecule has 6 nitrogen and oxygen atoms in total. The first-order valence-electron chi connectivity index (χ1n) is 7.26. The SMILES string of the molecule is C[C@@H](C#N)OC(=O)c1cc(S(=O)(=O)N2CCCCC2)ccc1Cl. The molecule has 1 saturated heterocycles. The van der Waals surface area contributed by atoms with E-state index in [1.807, 2.05) is 0 Å². The van der Waals surface area contributed by atoms with Crippen LogP contribution in [0.2, 0.25) is 5.02 Å². The minimum atomic E-state index is -3.67. The molecule has 0 spiro atoms. The number of piperidine rings is 1. The Morgan fingerprint density at radius 1 is 1.35 bits per heavy atom. The molecule has 2 rings (SSSR count). The van der Waals surface area contributed by atoms with Crippen molar-refractivity contribution in [3.8, 4) is 6.07 Å². The molecule has 8 heteroatoms. The first-order chi connectivity index (χ1) is 10.9. The standard InChI is InChI=1S/C15H17ClN2O4S/c1-11(10-17)22-15(19)13-9-12(5-6-14(13)16)23(20,21)18-7-3-2-4-8-18/h5-6,9,11H,2-4,7-8H2,1H3/t11-/m0/s1. The lowest BCUT2D eigenvalue weighted by atomic mass is 10.2. The van der Waals surface area contributed by atoms with Crippen molar-refractivity contribution in [1.82, 2.24) is 4.31 Å². The fourth-order valence-corrected chi connectivity index (χ4v) is 4.06. The Kier molecular flexibility index (Phi) is 5.63. The van der Waals surface area contributed by atoms with Crippen LogP contribution in [0.1, 0.15) is 36.5 Å². The molecular weight excluding hydrogens is 340 g/mol. The van der Waals surface area contributed by atoms with Gasteiger partial charge in [0.05, 0.1) is 15.5 Å². The Morgan fingerprint density at radius 2 is 2.00 bits per heavy atom. The molecule has 0 unspecified atom stereocenters. The van der Waals surface area contributed by atoms with Crippen molar-refractivity contribution in [1.29, 1.82) is 5.26 Å². The molecule has 0 amide bonds. The predicted octanol–water partition coefficient (Wildman–Crippen LogP) is 2.58. The van der Waals surface area contributed by atoms with Crippen molar-refractivity contribution in [3.63, 3.8) is 0 Å². The minimum absolute atomic E-state index is 0.000334. The molecule has 0 saturated carbocycles. The van der Waals surface area contributed by atoms with Crippen LogP contribution in [0, 0.1) is 11.3 Å². The summed E-state index contributed by atoms with van der Waals surface area (Å²) in [5.41, 5.74) is -0.0631. The molecule has 1 heterocycles. The van der Waals surface area contributed by atoms with E-state index in [0.717, 1.165) is 19.3 Å². The van der Waals surface area contributed by atoms with Crippen LogP contribution in [0.4, 0.5) is 0 Å². The van der Waals surface area contributed by atoms with Gasteiger partial charge < -0.3 is 4.74 Å². The van der Waals surface area contributed by atoms with E-state index in [2.05, 4.69) is 0 Å². The van der Waals surface area contributed by atoms with Crippen LogP contribution in [0.15, 0.2) is 23.1 Å². The van der Waals surface area contributed by atoms with Crippen LogP contribution in [0.5, 0.6) is 0 Å². The molecule has 1 fully saturated rings. The van der Waals surface area contributed by atoms with Gasteiger partial charge in [0, 0.05) is 13.1 Å². The molecule has 0 aliphatic carbocycles. The third-order valence-corrected chi connectivity index (χ3v) is 5.80. The largest absolute Gasteiger partial charge is 0.444 e. The smallest absolute Gasteiger partial charge is 0.340 e. The Bertz CT molecular complexity index is 736. The number of benzene rings is 1. The predicted molar refractivity (Wildman–Crippen MR) is 84.6 cm³/mol. The van der Waals surface area contributed by atoms with Crippen LogP contribution < -0.4 is 0 Å². The number of carbonyl (C=O) groups is 1. The highest BCUT2D eigenvalue weighted by atomic mass is 35.5. The van der Waals surface area contributed by atoms with Crippen molar-refractivity contribution in [2.45, 2.75) is 37.2 Å². The van der Waals surface area contributed by atoms with E-state index in [9.17, 15) is 13.2 Å². The number of rotatable bonds is 4. The summed E-state index contributed by atoms with van der Waals surface area (Å²) < 4.78 is 31.6. The first kappa shape index (κ1) is 17.7. The van der Waals surface area contributed by atoms with E-state index in [1.165, 1.54) is 29.4 Å². The van der Waals surface area contributed by atoms with Crippen molar-refractivity contribution in [3.05, 3.63) is 28.8 Å². The molecule has 124 valence electrons. The molecule has 1 aliphatic rings. The number of carbonyl (C=O) groups excluding carboxylic acids is 1. The number of ether oxygens (including phenoxy) is 1. The number of esters is 1. The van der Waals surface area contributed by atoms with Crippen molar-refractivity contribution < 1.29 is 17.9 Å². The van der Waals surface area contributed by atoms with Gasteiger partial charge in [-0.15, -0.1) is 0 Å². The monoisotopic (exact) mass is 356 g/mol. The Morgan fingerprint density at radius 3 is 2.61 bits per heavy atom. The third kappa shape index (κ3) is 4.02. The van der Waals surface area contributed by atoms with Gasteiger partial charge in [-0.25, -0.2) is 13.2 Å².